The van der Waals surface area contributed by atoms with E-state index in [1.54, 1.807) is 0 Å². The lowest BCUT2D eigenvalue weighted by molar-refractivity contribution is -0.132. The highest BCUT2D eigenvalue weighted by Gasteiger charge is 2.36. The van der Waals surface area contributed by atoms with Crippen molar-refractivity contribution in [3.63, 3.8) is 0 Å². The highest BCUT2D eigenvalue weighted by Crippen LogP contribution is 2.32. The number of carboxylic acid groups (broad SMARTS) is 1. The van der Waals surface area contributed by atoms with E-state index in [1.165, 1.54) is 0 Å². The van der Waals surface area contributed by atoms with Crippen LogP contribution in [0.1, 0.15) is 0 Å². The molecule has 1 aliphatic carbocycles. The van der Waals surface area contributed by atoms with Crippen molar-refractivity contribution < 1.29 is 18.7 Å². The zero-order valence-electron chi connectivity index (χ0n) is 5.80. The van der Waals surface area contributed by atoms with Gasteiger partial charge < -0.3 is 5.11 Å². The van der Waals surface area contributed by atoms with E-state index in [4.69, 9.17) is 5.11 Å². The maximum absolute atomic E-state index is 12.7. The third-order valence-electron chi connectivity index (χ3n) is 1.43. The monoisotopic (exact) mass is 238 g/mol. The number of aliphatic carboxylic acids is 1. The minimum atomic E-state index is -3.00. The maximum Gasteiger partial charge on any atom is 0.335 e. The second-order valence-corrected chi connectivity index (χ2v) is 3.32. The molecule has 0 amide bonds. The topological polar surface area (TPSA) is 37.3 Å². The molecule has 1 unspecified atom stereocenters. The Bertz CT molecular complexity index is 271. The van der Waals surface area contributed by atoms with Gasteiger partial charge in [-0.3, -0.25) is 0 Å². The minimum absolute atomic E-state index is 0.122. The third kappa shape index (κ3) is 1.72. The van der Waals surface area contributed by atoms with Crippen molar-refractivity contribution in [2.24, 2.45) is 0 Å². The lowest BCUT2D eigenvalue weighted by Gasteiger charge is -2.19. The fraction of sp³-hybridized carbons (Fsp3) is 0.286. The number of rotatable bonds is 1. The highest BCUT2D eigenvalue weighted by molar-refractivity contribution is 9.09. The molecule has 5 heteroatoms. The van der Waals surface area contributed by atoms with Crippen molar-refractivity contribution in [1.29, 1.82) is 0 Å². The maximum atomic E-state index is 12.7. The van der Waals surface area contributed by atoms with Gasteiger partial charge in [0.1, 0.15) is 4.83 Å². The number of hydrogen-bond donors (Lipinski definition) is 1. The quantitative estimate of drug-likeness (QED) is 0.710. The molecule has 0 aliphatic heterocycles. The molecule has 0 saturated carbocycles. The van der Waals surface area contributed by atoms with Gasteiger partial charge in [-0.25, -0.2) is 13.6 Å². The third-order valence-corrected chi connectivity index (χ3v) is 2.30. The van der Waals surface area contributed by atoms with Crippen LogP contribution in [0.3, 0.4) is 0 Å². The van der Waals surface area contributed by atoms with Crippen LogP contribution in [0.4, 0.5) is 8.78 Å². The van der Waals surface area contributed by atoms with Gasteiger partial charge in [-0.1, -0.05) is 22.0 Å². The minimum Gasteiger partial charge on any atom is -0.478 e. The van der Waals surface area contributed by atoms with E-state index < -0.39 is 16.7 Å². The fourth-order valence-electron chi connectivity index (χ4n) is 0.760. The first-order chi connectivity index (χ1) is 5.43. The molecule has 0 spiro atoms. The van der Waals surface area contributed by atoms with Crippen LogP contribution in [-0.2, 0) is 4.79 Å². The van der Waals surface area contributed by atoms with Gasteiger partial charge in [0.2, 0.25) is 0 Å². The van der Waals surface area contributed by atoms with Crippen molar-refractivity contribution in [3.8, 4) is 0 Å². The molecule has 66 valence electrons. The second-order valence-electron chi connectivity index (χ2n) is 2.34. The van der Waals surface area contributed by atoms with Gasteiger partial charge >= 0.3 is 5.97 Å². The summed E-state index contributed by atoms with van der Waals surface area (Å²) in [5, 5.41) is 8.44. The van der Waals surface area contributed by atoms with Crippen LogP contribution in [-0.4, -0.2) is 21.8 Å². The van der Waals surface area contributed by atoms with Crippen LogP contribution < -0.4 is 0 Å². The molecule has 0 radical (unpaired) electrons. The Hall–Kier alpha value is -0.710. The van der Waals surface area contributed by atoms with E-state index in [-0.39, 0.29) is 5.57 Å². The standard InChI is InChI=1S/C7H5BrF2O2/c8-5-3-4(6(11)12)1-2-7(5,9)10/h1-3,5H,(H,11,12). The Morgan fingerprint density at radius 2 is 2.25 bits per heavy atom. The Kier molecular flexibility index (Phi) is 2.32. The molecule has 2 nitrogen and oxygen atoms in total. The predicted octanol–water partition coefficient (Wildman–Crippen LogP) is 1.97. The van der Waals surface area contributed by atoms with E-state index in [0.717, 1.165) is 12.2 Å². The molecule has 0 fully saturated rings. The average Bonchev–Trinajstić information content (AvgIpc) is 1.94. The van der Waals surface area contributed by atoms with E-state index >= 15 is 0 Å². The first-order valence-electron chi connectivity index (χ1n) is 3.10. The van der Waals surface area contributed by atoms with Crippen LogP contribution in [0.2, 0.25) is 0 Å². The van der Waals surface area contributed by atoms with Crippen molar-refractivity contribution >= 4 is 21.9 Å². The lowest BCUT2D eigenvalue weighted by Crippen LogP contribution is -2.27. The molecule has 1 rings (SSSR count). The predicted molar refractivity (Wildman–Crippen MR) is 42.5 cm³/mol. The van der Waals surface area contributed by atoms with E-state index in [0.29, 0.717) is 6.08 Å². The molecule has 1 N–H and O–H groups in total. The largest absolute Gasteiger partial charge is 0.478 e. The SMILES string of the molecule is O=C(O)C1=CC(Br)C(F)(F)C=C1. The summed E-state index contributed by atoms with van der Waals surface area (Å²) in [6, 6.07) is 0. The Morgan fingerprint density at radius 3 is 2.67 bits per heavy atom. The molecule has 0 aromatic carbocycles. The summed E-state index contributed by atoms with van der Waals surface area (Å²) in [5.41, 5.74) is -0.122. The van der Waals surface area contributed by atoms with Gasteiger partial charge in [-0.2, -0.15) is 0 Å². The molecule has 0 saturated heterocycles. The number of carbonyl (C=O) groups is 1. The molecule has 0 bridgehead atoms. The molecular formula is C7H5BrF2O2. The first-order valence-corrected chi connectivity index (χ1v) is 4.01. The van der Waals surface area contributed by atoms with Crippen LogP contribution in [0.25, 0.3) is 0 Å². The van der Waals surface area contributed by atoms with Gasteiger partial charge in [0.05, 0.1) is 5.57 Å². The molecule has 0 heterocycles. The lowest BCUT2D eigenvalue weighted by atomic mass is 10.0. The van der Waals surface area contributed by atoms with E-state index in [9.17, 15) is 13.6 Å². The Morgan fingerprint density at radius 1 is 1.67 bits per heavy atom. The zero-order chi connectivity index (χ0) is 9.35. The summed E-state index contributed by atoms with van der Waals surface area (Å²) in [4.78, 5) is 9.09. The first kappa shape index (κ1) is 9.38. The summed E-state index contributed by atoms with van der Waals surface area (Å²) < 4.78 is 25.3. The summed E-state index contributed by atoms with van der Waals surface area (Å²) in [6.07, 6.45) is 2.46. The number of hydrogen-bond acceptors (Lipinski definition) is 1. The molecule has 12 heavy (non-hydrogen) atoms. The van der Waals surface area contributed by atoms with Gasteiger partial charge in [-0.15, -0.1) is 0 Å². The van der Waals surface area contributed by atoms with Crippen molar-refractivity contribution in [3.05, 3.63) is 23.8 Å². The number of halogens is 3. The fourth-order valence-corrected chi connectivity index (χ4v) is 1.20. The van der Waals surface area contributed by atoms with Gasteiger partial charge in [0.25, 0.3) is 5.92 Å². The smallest absolute Gasteiger partial charge is 0.335 e. The average molecular weight is 239 g/mol. The molecule has 0 aromatic rings. The van der Waals surface area contributed by atoms with Crippen molar-refractivity contribution in [2.75, 3.05) is 0 Å². The molecule has 1 atom stereocenters. The highest BCUT2D eigenvalue weighted by atomic mass is 79.9. The second kappa shape index (κ2) is 2.97. The number of carboxylic acids is 1. The van der Waals surface area contributed by atoms with Gasteiger partial charge in [0, 0.05) is 0 Å². The molecule has 1 aliphatic rings. The van der Waals surface area contributed by atoms with E-state index in [2.05, 4.69) is 15.9 Å². The van der Waals surface area contributed by atoms with E-state index in [1.807, 2.05) is 0 Å². The summed E-state index contributed by atoms with van der Waals surface area (Å²) in [5.74, 6) is -4.20. The number of alkyl halides is 3. The van der Waals surface area contributed by atoms with Crippen LogP contribution in [0, 0.1) is 0 Å². The number of allylic oxidation sites excluding steroid dienone is 2. The van der Waals surface area contributed by atoms with Crippen molar-refractivity contribution in [2.45, 2.75) is 10.7 Å². The molecule has 0 aromatic heterocycles. The molecular weight excluding hydrogens is 234 g/mol. The van der Waals surface area contributed by atoms with Gasteiger partial charge in [0.15, 0.2) is 0 Å². The Balaban J connectivity index is 2.91. The van der Waals surface area contributed by atoms with Crippen LogP contribution >= 0.6 is 15.9 Å². The summed E-state index contributed by atoms with van der Waals surface area (Å²) in [6.45, 7) is 0. The Labute approximate surface area is 75.7 Å². The van der Waals surface area contributed by atoms with Crippen LogP contribution in [0.5, 0.6) is 0 Å². The van der Waals surface area contributed by atoms with Gasteiger partial charge in [-0.05, 0) is 12.2 Å². The van der Waals surface area contributed by atoms with Crippen LogP contribution in [0.15, 0.2) is 23.8 Å². The van der Waals surface area contributed by atoms with Crippen molar-refractivity contribution in [1.82, 2.24) is 0 Å². The summed E-state index contributed by atoms with van der Waals surface area (Å²) >= 11 is 2.68. The zero-order valence-corrected chi connectivity index (χ0v) is 7.38. The normalized spacial score (nSPS) is 26.6. The summed E-state index contributed by atoms with van der Waals surface area (Å²) in [7, 11) is 0.